The van der Waals surface area contributed by atoms with Crippen LogP contribution in [0.5, 0.6) is 5.75 Å². The fourth-order valence-corrected chi connectivity index (χ4v) is 3.21. The van der Waals surface area contributed by atoms with Gasteiger partial charge in [-0.3, -0.25) is 10.1 Å². The van der Waals surface area contributed by atoms with Crippen LogP contribution in [-0.2, 0) is 11.2 Å². The number of hydrogen-bond acceptors (Lipinski definition) is 6. The van der Waals surface area contributed by atoms with Gasteiger partial charge in [0.15, 0.2) is 10.9 Å². The number of nitrogens with one attached hydrogen (secondary N) is 1. The standard InChI is InChI=1S/C15H17N3O2S2/c1-3-9-21-15-18-17-14(22-15)16-13(19)10-20-12-8-6-5-7-11(12)4-2/h3,5-8H,1,4,9-10H2,2H3,(H,16,17,19). The molecule has 22 heavy (non-hydrogen) atoms. The molecule has 1 aromatic heterocycles. The van der Waals surface area contributed by atoms with Gasteiger partial charge in [-0.2, -0.15) is 0 Å². The average Bonchev–Trinajstić information content (AvgIpc) is 2.98. The fourth-order valence-electron chi connectivity index (χ4n) is 1.68. The van der Waals surface area contributed by atoms with Gasteiger partial charge in [0.25, 0.3) is 5.91 Å². The van der Waals surface area contributed by atoms with Gasteiger partial charge in [0.2, 0.25) is 5.13 Å². The molecular formula is C15H17N3O2S2. The van der Waals surface area contributed by atoms with Crippen LogP contribution >= 0.6 is 23.1 Å². The number of carbonyl (C=O) groups excluding carboxylic acids is 1. The van der Waals surface area contributed by atoms with Gasteiger partial charge in [0, 0.05) is 5.75 Å². The number of ether oxygens (including phenoxy) is 1. The Labute approximate surface area is 137 Å². The van der Waals surface area contributed by atoms with E-state index in [2.05, 4.69) is 22.1 Å². The average molecular weight is 335 g/mol. The number of rotatable bonds is 8. The Morgan fingerprint density at radius 1 is 1.45 bits per heavy atom. The number of amides is 1. The van der Waals surface area contributed by atoms with Crippen molar-refractivity contribution in [1.29, 1.82) is 0 Å². The molecule has 1 heterocycles. The quantitative estimate of drug-likeness (QED) is 0.455. The summed E-state index contributed by atoms with van der Waals surface area (Å²) in [6, 6.07) is 7.69. The molecular weight excluding hydrogens is 318 g/mol. The molecule has 0 aliphatic rings. The van der Waals surface area contributed by atoms with Crippen molar-refractivity contribution in [2.75, 3.05) is 17.7 Å². The minimum atomic E-state index is -0.248. The van der Waals surface area contributed by atoms with Crippen molar-refractivity contribution in [1.82, 2.24) is 10.2 Å². The van der Waals surface area contributed by atoms with Crippen LogP contribution in [0.4, 0.5) is 5.13 Å². The van der Waals surface area contributed by atoms with Crippen molar-refractivity contribution in [2.24, 2.45) is 0 Å². The number of nitrogens with zero attached hydrogens (tertiary/aromatic N) is 2. The topological polar surface area (TPSA) is 64.1 Å². The van der Waals surface area contributed by atoms with Gasteiger partial charge >= 0.3 is 0 Å². The lowest BCUT2D eigenvalue weighted by atomic mass is 10.1. The summed E-state index contributed by atoms with van der Waals surface area (Å²) in [4.78, 5) is 11.9. The second-order valence-electron chi connectivity index (χ2n) is 4.27. The first kappa shape index (κ1) is 16.5. The van der Waals surface area contributed by atoms with Gasteiger partial charge in [-0.05, 0) is 18.1 Å². The lowest BCUT2D eigenvalue weighted by Gasteiger charge is -2.09. The van der Waals surface area contributed by atoms with Crippen molar-refractivity contribution >= 4 is 34.1 Å². The monoisotopic (exact) mass is 335 g/mol. The number of benzene rings is 1. The normalized spacial score (nSPS) is 10.2. The third-order valence-corrected chi connectivity index (χ3v) is 4.66. The Morgan fingerprint density at radius 2 is 2.27 bits per heavy atom. The summed E-state index contributed by atoms with van der Waals surface area (Å²) < 4.78 is 6.36. The highest BCUT2D eigenvalue weighted by atomic mass is 32.2. The lowest BCUT2D eigenvalue weighted by Crippen LogP contribution is -2.20. The predicted octanol–water partition coefficient (Wildman–Crippen LogP) is 3.40. The maximum absolute atomic E-state index is 11.9. The Morgan fingerprint density at radius 3 is 3.05 bits per heavy atom. The minimum absolute atomic E-state index is 0.0499. The molecule has 1 aromatic carbocycles. The first-order valence-corrected chi connectivity index (χ1v) is 8.61. The summed E-state index contributed by atoms with van der Waals surface area (Å²) in [7, 11) is 0. The number of anilines is 1. The molecule has 0 saturated carbocycles. The molecule has 0 radical (unpaired) electrons. The molecule has 0 fully saturated rings. The predicted molar refractivity (Wildman–Crippen MR) is 90.8 cm³/mol. The maximum Gasteiger partial charge on any atom is 0.264 e. The van der Waals surface area contributed by atoms with E-state index in [0.29, 0.717) is 5.13 Å². The van der Waals surface area contributed by atoms with E-state index in [4.69, 9.17) is 4.74 Å². The summed E-state index contributed by atoms with van der Waals surface area (Å²) >= 11 is 2.86. The smallest absolute Gasteiger partial charge is 0.264 e. The number of thioether (sulfide) groups is 1. The van der Waals surface area contributed by atoms with Crippen LogP contribution in [0.1, 0.15) is 12.5 Å². The minimum Gasteiger partial charge on any atom is -0.483 e. The Hall–Kier alpha value is -1.86. The van der Waals surface area contributed by atoms with Crippen molar-refractivity contribution < 1.29 is 9.53 Å². The van der Waals surface area contributed by atoms with Gasteiger partial charge in [0.1, 0.15) is 5.75 Å². The Balaban J connectivity index is 1.85. The number of hydrogen-bond donors (Lipinski definition) is 1. The van der Waals surface area contributed by atoms with Crippen LogP contribution in [-0.4, -0.2) is 28.5 Å². The number of para-hydroxylation sites is 1. The molecule has 0 atom stereocenters. The number of aryl methyl sites for hydroxylation is 1. The molecule has 0 aliphatic heterocycles. The molecule has 2 rings (SSSR count). The van der Waals surface area contributed by atoms with E-state index in [1.165, 1.54) is 23.1 Å². The van der Waals surface area contributed by atoms with Crippen LogP contribution in [0.15, 0.2) is 41.3 Å². The molecule has 2 aromatic rings. The van der Waals surface area contributed by atoms with E-state index in [1.54, 1.807) is 6.08 Å². The molecule has 0 spiro atoms. The molecule has 5 nitrogen and oxygen atoms in total. The van der Waals surface area contributed by atoms with Gasteiger partial charge in [-0.15, -0.1) is 16.8 Å². The van der Waals surface area contributed by atoms with E-state index < -0.39 is 0 Å². The van der Waals surface area contributed by atoms with Crippen molar-refractivity contribution in [2.45, 2.75) is 17.7 Å². The fraction of sp³-hybridized carbons (Fsp3) is 0.267. The van der Waals surface area contributed by atoms with Gasteiger partial charge in [0.05, 0.1) is 0 Å². The molecule has 0 aliphatic carbocycles. The number of aromatic nitrogens is 2. The zero-order valence-corrected chi connectivity index (χ0v) is 13.9. The van der Waals surface area contributed by atoms with Crippen molar-refractivity contribution in [3.05, 3.63) is 42.5 Å². The lowest BCUT2D eigenvalue weighted by molar-refractivity contribution is -0.118. The van der Waals surface area contributed by atoms with E-state index in [-0.39, 0.29) is 12.5 Å². The molecule has 1 amide bonds. The molecule has 116 valence electrons. The largest absolute Gasteiger partial charge is 0.483 e. The summed E-state index contributed by atoms with van der Waals surface area (Å²) in [6.07, 6.45) is 2.65. The zero-order chi connectivity index (χ0) is 15.8. The summed E-state index contributed by atoms with van der Waals surface area (Å²) in [5, 5.41) is 11.1. The summed E-state index contributed by atoms with van der Waals surface area (Å²) in [5.74, 6) is 1.25. The van der Waals surface area contributed by atoms with Crippen LogP contribution in [0.25, 0.3) is 0 Å². The van der Waals surface area contributed by atoms with E-state index in [1.807, 2.05) is 31.2 Å². The first-order valence-electron chi connectivity index (χ1n) is 6.80. The van der Waals surface area contributed by atoms with Gasteiger partial charge in [-0.1, -0.05) is 54.3 Å². The SMILES string of the molecule is C=CCSc1nnc(NC(=O)COc2ccccc2CC)s1. The maximum atomic E-state index is 11.9. The molecule has 0 unspecified atom stereocenters. The second-order valence-corrected chi connectivity index (χ2v) is 6.52. The van der Waals surface area contributed by atoms with Crippen LogP contribution < -0.4 is 10.1 Å². The second kappa shape index (κ2) is 8.55. The van der Waals surface area contributed by atoms with E-state index >= 15 is 0 Å². The summed E-state index contributed by atoms with van der Waals surface area (Å²) in [5.41, 5.74) is 1.08. The highest BCUT2D eigenvalue weighted by Gasteiger charge is 2.10. The number of carbonyl (C=O) groups is 1. The first-order chi connectivity index (χ1) is 10.7. The highest BCUT2D eigenvalue weighted by molar-refractivity contribution is 8.01. The van der Waals surface area contributed by atoms with Gasteiger partial charge in [-0.25, -0.2) is 0 Å². The summed E-state index contributed by atoms with van der Waals surface area (Å²) in [6.45, 7) is 5.65. The van der Waals surface area contributed by atoms with Gasteiger partial charge < -0.3 is 4.74 Å². The molecule has 7 heteroatoms. The van der Waals surface area contributed by atoms with E-state index in [0.717, 1.165) is 27.8 Å². The van der Waals surface area contributed by atoms with Crippen LogP contribution in [0.2, 0.25) is 0 Å². The molecule has 0 saturated heterocycles. The Kier molecular flexibility index (Phi) is 6.42. The van der Waals surface area contributed by atoms with E-state index in [9.17, 15) is 4.79 Å². The third-order valence-electron chi connectivity index (χ3n) is 2.69. The van der Waals surface area contributed by atoms with Crippen molar-refractivity contribution in [3.63, 3.8) is 0 Å². The van der Waals surface area contributed by atoms with Crippen molar-refractivity contribution in [3.8, 4) is 5.75 Å². The third kappa shape index (κ3) is 4.85. The Bertz CT molecular complexity index is 643. The highest BCUT2D eigenvalue weighted by Crippen LogP contribution is 2.25. The molecule has 1 N–H and O–H groups in total. The van der Waals surface area contributed by atoms with Crippen LogP contribution in [0, 0.1) is 0 Å². The van der Waals surface area contributed by atoms with Crippen LogP contribution in [0.3, 0.4) is 0 Å². The zero-order valence-electron chi connectivity index (χ0n) is 12.2. The molecule has 0 bridgehead atoms.